The van der Waals surface area contributed by atoms with Crippen LogP contribution in [0.3, 0.4) is 0 Å². The number of ether oxygens (including phenoxy) is 1. The van der Waals surface area contributed by atoms with E-state index in [4.69, 9.17) is 4.74 Å². The van der Waals surface area contributed by atoms with Gasteiger partial charge in [-0.2, -0.15) is 5.10 Å². The first-order chi connectivity index (χ1) is 14.3. The van der Waals surface area contributed by atoms with Gasteiger partial charge in [-0.25, -0.2) is 9.07 Å². The molecule has 2 aromatic rings. The molecule has 30 heavy (non-hydrogen) atoms. The van der Waals surface area contributed by atoms with E-state index < -0.39 is 5.82 Å². The number of hydrogen-bond donors (Lipinski definition) is 0. The number of halogens is 1. The zero-order valence-electron chi connectivity index (χ0n) is 18.0. The maximum absolute atomic E-state index is 13.9. The van der Waals surface area contributed by atoms with Crippen LogP contribution in [0, 0.1) is 5.82 Å². The van der Waals surface area contributed by atoms with Gasteiger partial charge in [-0.3, -0.25) is 9.59 Å². The molecule has 0 radical (unpaired) electrons. The van der Waals surface area contributed by atoms with Crippen LogP contribution in [0.15, 0.2) is 35.3 Å². The van der Waals surface area contributed by atoms with Crippen molar-refractivity contribution in [2.24, 2.45) is 0 Å². The summed E-state index contributed by atoms with van der Waals surface area (Å²) in [5, 5.41) is 4.37. The molecule has 1 saturated heterocycles. The number of carbonyl (C=O) groups excluding carboxylic acids is 1. The van der Waals surface area contributed by atoms with Crippen LogP contribution >= 0.6 is 0 Å². The zero-order chi connectivity index (χ0) is 21.8. The van der Waals surface area contributed by atoms with Crippen molar-refractivity contribution in [3.05, 3.63) is 52.2 Å². The lowest BCUT2D eigenvalue weighted by Crippen LogP contribution is -2.44. The van der Waals surface area contributed by atoms with Crippen molar-refractivity contribution in [1.82, 2.24) is 14.7 Å². The first kappa shape index (κ1) is 21.8. The second-order valence-electron chi connectivity index (χ2n) is 7.98. The van der Waals surface area contributed by atoms with Gasteiger partial charge in [0.25, 0.3) is 5.56 Å². The standard InChI is InChI=1S/C22H29FN4O3/c1-15(2)25(3)18-12-22(29)27(24-13-18)17-6-5-9-26(14-17)21(28)11-16-7-8-20(30-4)19(23)10-16/h7-8,10,12-13,15,17H,5-6,9,11,14H2,1-4H3/t17-/m1/s1. The Kier molecular flexibility index (Phi) is 6.74. The number of amides is 1. The van der Waals surface area contributed by atoms with Gasteiger partial charge in [-0.05, 0) is 44.4 Å². The van der Waals surface area contributed by atoms with Gasteiger partial charge in [0, 0.05) is 32.2 Å². The number of likely N-dealkylation sites (tertiary alicyclic amines) is 1. The van der Waals surface area contributed by atoms with Gasteiger partial charge in [0.15, 0.2) is 11.6 Å². The Labute approximate surface area is 176 Å². The van der Waals surface area contributed by atoms with E-state index in [2.05, 4.69) is 5.10 Å². The molecule has 0 spiro atoms. The van der Waals surface area contributed by atoms with Gasteiger partial charge in [-0.1, -0.05) is 6.07 Å². The lowest BCUT2D eigenvalue weighted by atomic mass is 10.0. The van der Waals surface area contributed by atoms with Crippen molar-refractivity contribution < 1.29 is 13.9 Å². The van der Waals surface area contributed by atoms with Crippen LogP contribution in [0.2, 0.25) is 0 Å². The van der Waals surface area contributed by atoms with Crippen molar-refractivity contribution in [3.8, 4) is 5.75 Å². The molecule has 1 aromatic heterocycles. The summed E-state index contributed by atoms with van der Waals surface area (Å²) in [6.07, 6.45) is 3.37. The van der Waals surface area contributed by atoms with Gasteiger partial charge in [0.1, 0.15) is 0 Å². The van der Waals surface area contributed by atoms with E-state index in [-0.39, 0.29) is 35.7 Å². The highest BCUT2D eigenvalue weighted by atomic mass is 19.1. The number of carbonyl (C=O) groups is 1. The highest BCUT2D eigenvalue weighted by Crippen LogP contribution is 2.22. The monoisotopic (exact) mass is 416 g/mol. The van der Waals surface area contributed by atoms with Crippen LogP contribution in [0.4, 0.5) is 10.1 Å². The van der Waals surface area contributed by atoms with Gasteiger partial charge < -0.3 is 14.5 Å². The maximum atomic E-state index is 13.9. The summed E-state index contributed by atoms with van der Waals surface area (Å²) >= 11 is 0. The molecule has 1 amide bonds. The summed E-state index contributed by atoms with van der Waals surface area (Å²) in [5.41, 5.74) is 1.20. The summed E-state index contributed by atoms with van der Waals surface area (Å²) in [7, 11) is 3.33. The average molecular weight is 416 g/mol. The first-order valence-electron chi connectivity index (χ1n) is 10.2. The van der Waals surface area contributed by atoms with E-state index >= 15 is 0 Å². The number of rotatable bonds is 6. The summed E-state index contributed by atoms with van der Waals surface area (Å²) in [5.74, 6) is -0.420. The Morgan fingerprint density at radius 1 is 1.37 bits per heavy atom. The molecular formula is C22H29FN4O3. The minimum atomic E-state index is -0.485. The van der Waals surface area contributed by atoms with E-state index in [0.29, 0.717) is 18.7 Å². The molecule has 0 bridgehead atoms. The minimum absolute atomic E-state index is 0.0894. The number of aromatic nitrogens is 2. The predicted molar refractivity (Wildman–Crippen MR) is 114 cm³/mol. The lowest BCUT2D eigenvalue weighted by Gasteiger charge is -2.33. The van der Waals surface area contributed by atoms with E-state index in [9.17, 15) is 14.0 Å². The van der Waals surface area contributed by atoms with E-state index in [0.717, 1.165) is 18.5 Å². The van der Waals surface area contributed by atoms with Crippen molar-refractivity contribution in [1.29, 1.82) is 0 Å². The lowest BCUT2D eigenvalue weighted by molar-refractivity contribution is -0.132. The molecule has 0 saturated carbocycles. The second kappa shape index (κ2) is 9.28. The van der Waals surface area contributed by atoms with Gasteiger partial charge in [0.2, 0.25) is 5.91 Å². The zero-order valence-corrected chi connectivity index (χ0v) is 18.0. The number of piperidine rings is 1. The molecular weight excluding hydrogens is 387 g/mol. The van der Waals surface area contributed by atoms with Crippen molar-refractivity contribution >= 4 is 11.6 Å². The topological polar surface area (TPSA) is 67.7 Å². The highest BCUT2D eigenvalue weighted by molar-refractivity contribution is 5.79. The van der Waals surface area contributed by atoms with Crippen molar-refractivity contribution in [3.63, 3.8) is 0 Å². The van der Waals surface area contributed by atoms with E-state index in [1.54, 1.807) is 23.2 Å². The Bertz CT molecular complexity index is 960. The highest BCUT2D eigenvalue weighted by Gasteiger charge is 2.26. The number of hydrogen-bond acceptors (Lipinski definition) is 5. The third-order valence-corrected chi connectivity index (χ3v) is 5.66. The van der Waals surface area contributed by atoms with Gasteiger partial charge in [-0.15, -0.1) is 0 Å². The Hall–Kier alpha value is -2.90. The molecule has 1 atom stereocenters. The smallest absolute Gasteiger partial charge is 0.269 e. The summed E-state index contributed by atoms with van der Waals surface area (Å²) in [6.45, 7) is 5.14. The minimum Gasteiger partial charge on any atom is -0.494 e. The molecule has 1 aliphatic heterocycles. The third-order valence-electron chi connectivity index (χ3n) is 5.66. The van der Waals surface area contributed by atoms with Crippen LogP contribution in [-0.4, -0.2) is 53.9 Å². The fourth-order valence-corrected chi connectivity index (χ4v) is 3.66. The second-order valence-corrected chi connectivity index (χ2v) is 7.98. The normalized spacial score (nSPS) is 16.6. The summed E-state index contributed by atoms with van der Waals surface area (Å²) in [6, 6.07) is 6.23. The summed E-state index contributed by atoms with van der Waals surface area (Å²) < 4.78 is 20.3. The van der Waals surface area contributed by atoms with Crippen LogP contribution in [-0.2, 0) is 11.2 Å². The quantitative estimate of drug-likeness (QED) is 0.724. The molecule has 1 fully saturated rings. The number of nitrogens with zero attached hydrogens (tertiary/aromatic N) is 4. The molecule has 1 aromatic carbocycles. The maximum Gasteiger partial charge on any atom is 0.269 e. The molecule has 162 valence electrons. The van der Waals surface area contributed by atoms with Gasteiger partial charge >= 0.3 is 0 Å². The molecule has 8 heteroatoms. The molecule has 7 nitrogen and oxygen atoms in total. The fourth-order valence-electron chi connectivity index (χ4n) is 3.66. The Balaban J connectivity index is 1.70. The largest absolute Gasteiger partial charge is 0.494 e. The first-order valence-corrected chi connectivity index (χ1v) is 10.2. The molecule has 2 heterocycles. The number of methoxy groups -OCH3 is 1. The SMILES string of the molecule is COc1ccc(CC(=O)N2CCC[C@@H](n3ncc(N(C)C(C)C)cc3=O)C2)cc1F. The van der Waals surface area contributed by atoms with Crippen LogP contribution < -0.4 is 15.2 Å². The van der Waals surface area contributed by atoms with Crippen LogP contribution in [0.1, 0.15) is 38.3 Å². The number of anilines is 1. The van der Waals surface area contributed by atoms with E-state index in [1.807, 2.05) is 25.8 Å². The van der Waals surface area contributed by atoms with Gasteiger partial charge in [0.05, 0.1) is 31.5 Å². The molecule has 1 aliphatic rings. The predicted octanol–water partition coefficient (Wildman–Crippen LogP) is 2.64. The molecule has 0 N–H and O–H groups in total. The molecule has 0 unspecified atom stereocenters. The van der Waals surface area contributed by atoms with Crippen LogP contribution in [0.25, 0.3) is 0 Å². The average Bonchev–Trinajstić information content (AvgIpc) is 2.73. The molecule has 3 rings (SSSR count). The fraction of sp³-hybridized carbons (Fsp3) is 0.500. The number of benzene rings is 1. The Morgan fingerprint density at radius 2 is 2.13 bits per heavy atom. The van der Waals surface area contributed by atoms with Crippen molar-refractivity contribution in [2.45, 2.75) is 45.2 Å². The van der Waals surface area contributed by atoms with E-state index in [1.165, 1.54) is 23.9 Å². The molecule has 0 aliphatic carbocycles. The summed E-state index contributed by atoms with van der Waals surface area (Å²) in [4.78, 5) is 29.1. The van der Waals surface area contributed by atoms with Crippen LogP contribution in [0.5, 0.6) is 5.75 Å². The third kappa shape index (κ3) is 4.80. The van der Waals surface area contributed by atoms with Crippen molar-refractivity contribution in [2.75, 3.05) is 32.1 Å². The Morgan fingerprint density at radius 3 is 2.77 bits per heavy atom.